The Morgan fingerprint density at radius 3 is 2.33 bits per heavy atom. The molecule has 0 heterocycles. The molecule has 7 heteroatoms. The van der Waals surface area contributed by atoms with Gasteiger partial charge in [-0.2, -0.15) is 0 Å². The molecule has 2 aromatic rings. The number of ketones is 5. The number of hydrogen-bond donors (Lipinski definition) is 2. The summed E-state index contributed by atoms with van der Waals surface area (Å²) >= 11 is 0. The molecule has 226 valence electrons. The maximum Gasteiger partial charge on any atom is 0.192 e. The Morgan fingerprint density at radius 1 is 1.05 bits per heavy atom. The molecule has 2 unspecified atom stereocenters. The van der Waals surface area contributed by atoms with Crippen LogP contribution in [0.1, 0.15) is 94.0 Å². The lowest BCUT2D eigenvalue weighted by molar-refractivity contribution is -0.183. The van der Waals surface area contributed by atoms with Crippen LogP contribution in [0.25, 0.3) is 11.1 Å². The van der Waals surface area contributed by atoms with Crippen LogP contribution >= 0.6 is 0 Å². The van der Waals surface area contributed by atoms with Crippen molar-refractivity contribution < 1.29 is 34.2 Å². The second-order valence-electron chi connectivity index (χ2n) is 13.6. The molecule has 0 bridgehead atoms. The smallest absolute Gasteiger partial charge is 0.192 e. The summed E-state index contributed by atoms with van der Waals surface area (Å²) in [7, 11) is 0. The van der Waals surface area contributed by atoms with Crippen LogP contribution in [0.2, 0.25) is 0 Å². The van der Waals surface area contributed by atoms with E-state index in [2.05, 4.69) is 0 Å². The number of aliphatic hydroxyl groups is 1. The molecule has 0 saturated heterocycles. The molecule has 43 heavy (non-hydrogen) atoms. The predicted molar refractivity (Wildman–Crippen MR) is 162 cm³/mol. The van der Waals surface area contributed by atoms with E-state index in [0.717, 1.165) is 0 Å². The first-order valence-corrected chi connectivity index (χ1v) is 15.1. The van der Waals surface area contributed by atoms with Crippen LogP contribution in [0.15, 0.2) is 47.5 Å². The molecule has 0 aromatic heterocycles. The highest BCUT2D eigenvalue weighted by Crippen LogP contribution is 2.64. The van der Waals surface area contributed by atoms with E-state index in [1.807, 2.05) is 33.8 Å². The molecule has 1 saturated carbocycles. The summed E-state index contributed by atoms with van der Waals surface area (Å²) in [4.78, 5) is 68.2. The van der Waals surface area contributed by atoms with Crippen molar-refractivity contribution in [2.24, 2.45) is 28.6 Å². The number of carbonyl (C=O) groups excluding carboxylic acids is 5. The zero-order chi connectivity index (χ0) is 31.8. The molecule has 5 rings (SSSR count). The molecule has 3 aliphatic rings. The first-order valence-electron chi connectivity index (χ1n) is 15.1. The Labute approximate surface area is 252 Å². The minimum absolute atomic E-state index is 0.00648. The second kappa shape index (κ2) is 10.2. The van der Waals surface area contributed by atoms with E-state index in [1.54, 1.807) is 38.1 Å². The van der Waals surface area contributed by atoms with Gasteiger partial charge in [-0.05, 0) is 73.3 Å². The Kier molecular flexibility index (Phi) is 7.28. The van der Waals surface area contributed by atoms with Crippen LogP contribution in [-0.2, 0) is 20.8 Å². The number of phenols is 1. The molecule has 0 aliphatic heterocycles. The number of fused-ring (bicyclic) bond motifs is 3. The second-order valence-corrected chi connectivity index (χ2v) is 13.6. The zero-order valence-corrected chi connectivity index (χ0v) is 26.0. The summed E-state index contributed by atoms with van der Waals surface area (Å²) in [6.07, 6.45) is 1.49. The van der Waals surface area contributed by atoms with Crippen LogP contribution in [0.5, 0.6) is 5.75 Å². The van der Waals surface area contributed by atoms with Gasteiger partial charge in [0, 0.05) is 17.4 Å². The molecule has 1 fully saturated rings. The summed E-state index contributed by atoms with van der Waals surface area (Å²) in [6.45, 7) is 12.3. The third-order valence-corrected chi connectivity index (χ3v) is 10.3. The average molecular weight is 585 g/mol. The number of aromatic hydroxyl groups is 1. The zero-order valence-electron chi connectivity index (χ0n) is 26.0. The number of allylic oxidation sites excluding steroid dienone is 1. The fraction of sp³-hybridized carbons (Fsp3) is 0.472. The molecular formula is C36H40O7. The Hall–Kier alpha value is -3.71. The first kappa shape index (κ1) is 30.7. The maximum absolute atomic E-state index is 14.5. The highest BCUT2D eigenvalue weighted by atomic mass is 16.3. The van der Waals surface area contributed by atoms with Crippen molar-refractivity contribution in [2.45, 2.75) is 79.8 Å². The normalized spacial score (nSPS) is 30.2. The topological polar surface area (TPSA) is 126 Å². The van der Waals surface area contributed by atoms with Crippen LogP contribution < -0.4 is 0 Å². The highest BCUT2D eigenvalue weighted by Gasteiger charge is 2.73. The third-order valence-electron chi connectivity index (χ3n) is 10.3. The largest absolute Gasteiger partial charge is 0.507 e. The molecule has 0 spiro atoms. The molecule has 2 N–H and O–H groups in total. The van der Waals surface area contributed by atoms with Crippen LogP contribution in [0.4, 0.5) is 0 Å². The van der Waals surface area contributed by atoms with Gasteiger partial charge in [0.15, 0.2) is 28.7 Å². The Balaban J connectivity index is 1.73. The minimum Gasteiger partial charge on any atom is -0.507 e. The molecule has 2 aromatic carbocycles. The fourth-order valence-electron chi connectivity index (χ4n) is 8.84. The maximum atomic E-state index is 14.5. The molecule has 5 atom stereocenters. The van der Waals surface area contributed by atoms with Gasteiger partial charge in [0.05, 0.1) is 11.5 Å². The molecule has 0 amide bonds. The lowest BCUT2D eigenvalue weighted by atomic mass is 9.41. The van der Waals surface area contributed by atoms with Crippen molar-refractivity contribution >= 4 is 28.9 Å². The van der Waals surface area contributed by atoms with Crippen molar-refractivity contribution in [1.82, 2.24) is 0 Å². The van der Waals surface area contributed by atoms with Crippen LogP contribution in [0, 0.1) is 28.6 Å². The summed E-state index contributed by atoms with van der Waals surface area (Å²) < 4.78 is 0. The van der Waals surface area contributed by atoms with Crippen molar-refractivity contribution in [3.05, 3.63) is 64.2 Å². The van der Waals surface area contributed by atoms with Crippen LogP contribution in [0.3, 0.4) is 0 Å². The van der Waals surface area contributed by atoms with Gasteiger partial charge in [-0.3, -0.25) is 24.0 Å². The van der Waals surface area contributed by atoms with Gasteiger partial charge in [0.1, 0.15) is 17.5 Å². The predicted octanol–water partition coefficient (Wildman–Crippen LogP) is 5.87. The van der Waals surface area contributed by atoms with Gasteiger partial charge in [-0.1, -0.05) is 70.0 Å². The highest BCUT2D eigenvalue weighted by molar-refractivity contribution is 6.27. The number of hydrogen-bond acceptors (Lipinski definition) is 7. The van der Waals surface area contributed by atoms with Gasteiger partial charge >= 0.3 is 0 Å². The summed E-state index contributed by atoms with van der Waals surface area (Å²) in [5, 5.41) is 23.2. The van der Waals surface area contributed by atoms with Crippen molar-refractivity contribution in [2.75, 3.05) is 0 Å². The minimum atomic E-state index is -2.57. The average Bonchev–Trinajstić information content (AvgIpc) is 2.90. The lowest BCUT2D eigenvalue weighted by Gasteiger charge is -2.60. The number of Topliss-reactive ketones (excluding diaryl/α,β-unsaturated/α-hetero) is 5. The van der Waals surface area contributed by atoms with Crippen LogP contribution in [-0.4, -0.2) is 44.7 Å². The molecule has 3 aliphatic carbocycles. The monoisotopic (exact) mass is 584 g/mol. The molecular weight excluding hydrogens is 544 g/mol. The van der Waals surface area contributed by atoms with E-state index in [-0.39, 0.29) is 35.9 Å². The van der Waals surface area contributed by atoms with Crippen molar-refractivity contribution in [3.8, 4) is 16.9 Å². The number of carbonyl (C=O) groups is 5. The van der Waals surface area contributed by atoms with E-state index < -0.39 is 51.4 Å². The Morgan fingerprint density at radius 2 is 1.72 bits per heavy atom. The number of benzene rings is 2. The fourth-order valence-corrected chi connectivity index (χ4v) is 8.84. The van der Waals surface area contributed by atoms with Crippen molar-refractivity contribution in [3.63, 3.8) is 0 Å². The standard InChI is InChI=1S/C36H40O7/c1-8-10-25(38)22-12-9-11-21(15-22)23-13-14-26(39)28-24(23)16-34(6)17-35(7)29(18(2)3)19(4)27(20(5)37)32(41)36(35,43)33(42)30(34)31(28)40/h9,11-15,18,27,30,39,43H,8,10,16-17H2,1-7H3/t27?,30?,34-,35-,36+/m0/s1. The van der Waals surface area contributed by atoms with E-state index >= 15 is 0 Å². The quantitative estimate of drug-likeness (QED) is 0.247. The lowest BCUT2D eigenvalue weighted by Crippen LogP contribution is -2.73. The SMILES string of the molecule is CCCC(=O)c1cccc(-c2ccc(O)c3c2C[C@@]2(C)C[C@@]4(C)C(C(C)C)=C(C)C(C(C)=O)C(=O)[C@@]4(O)C(=O)C2C3=O)c1. The van der Waals surface area contributed by atoms with E-state index in [0.29, 0.717) is 46.2 Å². The van der Waals surface area contributed by atoms with Gasteiger partial charge in [0.2, 0.25) is 0 Å². The van der Waals surface area contributed by atoms with Gasteiger partial charge < -0.3 is 10.2 Å². The van der Waals surface area contributed by atoms with Gasteiger partial charge in [-0.25, -0.2) is 0 Å². The van der Waals surface area contributed by atoms with Gasteiger partial charge in [0.25, 0.3) is 0 Å². The van der Waals surface area contributed by atoms with Crippen molar-refractivity contribution in [1.29, 1.82) is 0 Å². The molecule has 7 nitrogen and oxygen atoms in total. The number of phenolic OH excluding ortho intramolecular Hbond substituents is 1. The summed E-state index contributed by atoms with van der Waals surface area (Å²) in [5.41, 5.74) is -1.16. The molecule has 0 radical (unpaired) electrons. The number of rotatable bonds is 6. The summed E-state index contributed by atoms with van der Waals surface area (Å²) in [6, 6.07) is 10.3. The van der Waals surface area contributed by atoms with E-state index in [1.165, 1.54) is 13.0 Å². The first-order chi connectivity index (χ1) is 20.0. The summed E-state index contributed by atoms with van der Waals surface area (Å²) in [5.74, 6) is -6.00. The Bertz CT molecular complexity index is 1640. The third kappa shape index (κ3) is 4.15. The van der Waals surface area contributed by atoms with Gasteiger partial charge in [-0.15, -0.1) is 0 Å². The van der Waals surface area contributed by atoms with E-state index in [4.69, 9.17) is 0 Å². The van der Waals surface area contributed by atoms with E-state index in [9.17, 15) is 34.2 Å².